The van der Waals surface area contributed by atoms with Crippen molar-refractivity contribution >= 4 is 17.5 Å². The molecule has 3 nitrogen and oxygen atoms in total. The third kappa shape index (κ3) is 4.35. The second-order valence-electron chi connectivity index (χ2n) is 6.24. The Morgan fingerprint density at radius 1 is 0.750 bits per heavy atom. The van der Waals surface area contributed by atoms with Crippen molar-refractivity contribution in [2.24, 2.45) is 0 Å². The Hall–Kier alpha value is -3.24. The minimum atomic E-state index is -0.00113. The van der Waals surface area contributed by atoms with Gasteiger partial charge in [-0.25, -0.2) is 4.98 Å². The molecule has 0 amide bonds. The fourth-order valence-corrected chi connectivity index (χ4v) is 3.67. The van der Waals surface area contributed by atoms with Crippen LogP contribution in [-0.2, 0) is 0 Å². The van der Waals surface area contributed by atoms with Crippen LogP contribution in [0.15, 0.2) is 102 Å². The quantitative estimate of drug-likeness (QED) is 0.313. The number of hydrogen-bond acceptors (Lipinski definition) is 4. The maximum atomic E-state index is 12.4. The number of hydrogen-bond donors (Lipinski definition) is 0. The Labute approximate surface area is 168 Å². The van der Waals surface area contributed by atoms with Crippen molar-refractivity contribution in [2.75, 3.05) is 5.75 Å². The lowest BCUT2D eigenvalue weighted by Crippen LogP contribution is -2.04. The SMILES string of the molecule is O=C(CSc1cc(-c2ccccc2)cc(-c2ccccc2)n1)c1ccccn1. The van der Waals surface area contributed by atoms with Crippen LogP contribution in [0.5, 0.6) is 0 Å². The Balaban J connectivity index is 1.65. The number of pyridine rings is 2. The molecule has 0 spiro atoms. The predicted octanol–water partition coefficient (Wildman–Crippen LogP) is 5.79. The molecular weight excluding hydrogens is 364 g/mol. The normalized spacial score (nSPS) is 10.6. The zero-order chi connectivity index (χ0) is 19.2. The van der Waals surface area contributed by atoms with Crippen molar-refractivity contribution in [3.8, 4) is 22.4 Å². The number of carbonyl (C=O) groups is 1. The van der Waals surface area contributed by atoms with Crippen molar-refractivity contribution in [3.63, 3.8) is 0 Å². The van der Waals surface area contributed by atoms with Crippen LogP contribution in [0.3, 0.4) is 0 Å². The molecule has 28 heavy (non-hydrogen) atoms. The fourth-order valence-electron chi connectivity index (χ4n) is 2.87. The predicted molar refractivity (Wildman–Crippen MR) is 114 cm³/mol. The lowest BCUT2D eigenvalue weighted by atomic mass is 10.0. The van der Waals surface area contributed by atoms with E-state index in [4.69, 9.17) is 4.98 Å². The highest BCUT2D eigenvalue weighted by atomic mass is 32.2. The molecule has 0 aliphatic carbocycles. The summed E-state index contributed by atoms with van der Waals surface area (Å²) in [5.74, 6) is 0.301. The van der Waals surface area contributed by atoms with Gasteiger partial charge in [-0.2, -0.15) is 0 Å². The summed E-state index contributed by atoms with van der Waals surface area (Å²) in [5.41, 5.74) is 4.65. The summed E-state index contributed by atoms with van der Waals surface area (Å²) in [4.78, 5) is 21.3. The molecule has 4 rings (SSSR count). The lowest BCUT2D eigenvalue weighted by Gasteiger charge is -2.09. The van der Waals surface area contributed by atoms with Crippen LogP contribution in [-0.4, -0.2) is 21.5 Å². The second-order valence-corrected chi connectivity index (χ2v) is 7.23. The molecule has 136 valence electrons. The van der Waals surface area contributed by atoms with E-state index in [1.165, 1.54) is 11.8 Å². The molecule has 4 heteroatoms. The van der Waals surface area contributed by atoms with Crippen molar-refractivity contribution in [2.45, 2.75) is 5.03 Å². The van der Waals surface area contributed by atoms with Crippen molar-refractivity contribution in [1.82, 2.24) is 9.97 Å². The maximum Gasteiger partial charge on any atom is 0.191 e. The standard InChI is InChI=1S/C24H18N2OS/c27-23(21-13-7-8-14-25-21)17-28-24-16-20(18-9-3-1-4-10-18)15-22(26-24)19-11-5-2-6-12-19/h1-16H,17H2. The van der Waals surface area contributed by atoms with E-state index in [0.717, 1.165) is 27.4 Å². The van der Waals surface area contributed by atoms with Gasteiger partial charge in [0.15, 0.2) is 5.78 Å². The minimum absolute atomic E-state index is 0.00113. The van der Waals surface area contributed by atoms with Gasteiger partial charge < -0.3 is 0 Å². The highest BCUT2D eigenvalue weighted by Crippen LogP contribution is 2.29. The Morgan fingerprint density at radius 2 is 1.43 bits per heavy atom. The molecule has 2 aromatic heterocycles. The van der Waals surface area contributed by atoms with Crippen LogP contribution in [0.4, 0.5) is 0 Å². The smallest absolute Gasteiger partial charge is 0.191 e. The number of aromatic nitrogens is 2. The molecule has 0 unspecified atom stereocenters. The molecule has 0 fully saturated rings. The van der Waals surface area contributed by atoms with E-state index in [1.807, 2.05) is 60.7 Å². The maximum absolute atomic E-state index is 12.4. The molecule has 0 aliphatic rings. The minimum Gasteiger partial charge on any atom is -0.291 e. The van der Waals surface area contributed by atoms with Gasteiger partial charge in [0.2, 0.25) is 0 Å². The highest BCUT2D eigenvalue weighted by molar-refractivity contribution is 7.99. The highest BCUT2D eigenvalue weighted by Gasteiger charge is 2.11. The second kappa shape index (κ2) is 8.63. The van der Waals surface area contributed by atoms with Crippen LogP contribution in [0, 0.1) is 0 Å². The van der Waals surface area contributed by atoms with E-state index >= 15 is 0 Å². The van der Waals surface area contributed by atoms with Crippen LogP contribution >= 0.6 is 11.8 Å². The van der Waals surface area contributed by atoms with E-state index < -0.39 is 0 Å². The van der Waals surface area contributed by atoms with Gasteiger partial charge >= 0.3 is 0 Å². The molecule has 0 aliphatic heterocycles. The summed E-state index contributed by atoms with van der Waals surface area (Å²) < 4.78 is 0. The third-order valence-corrected chi connectivity index (χ3v) is 5.19. The van der Waals surface area contributed by atoms with Gasteiger partial charge in [-0.15, -0.1) is 0 Å². The summed E-state index contributed by atoms with van der Waals surface area (Å²) in [5, 5.41) is 0.824. The number of ketones is 1. The zero-order valence-electron chi connectivity index (χ0n) is 15.2. The van der Waals surface area contributed by atoms with Crippen molar-refractivity contribution < 1.29 is 4.79 Å². The summed E-state index contributed by atoms with van der Waals surface area (Å²) in [6.45, 7) is 0. The van der Waals surface area contributed by atoms with Gasteiger partial charge in [-0.3, -0.25) is 9.78 Å². The molecule has 4 aromatic rings. The van der Waals surface area contributed by atoms with Crippen LogP contribution in [0.1, 0.15) is 10.5 Å². The first-order valence-electron chi connectivity index (χ1n) is 8.99. The number of nitrogens with zero attached hydrogens (tertiary/aromatic N) is 2. The molecule has 0 bridgehead atoms. The van der Waals surface area contributed by atoms with Crippen molar-refractivity contribution in [3.05, 3.63) is 103 Å². The largest absolute Gasteiger partial charge is 0.291 e. The third-order valence-electron chi connectivity index (χ3n) is 4.28. The number of Topliss-reactive ketones (excluding diaryl/α,β-unsaturated/α-hetero) is 1. The Morgan fingerprint density at radius 3 is 2.11 bits per heavy atom. The molecule has 0 saturated heterocycles. The van der Waals surface area contributed by atoms with E-state index in [-0.39, 0.29) is 5.78 Å². The van der Waals surface area contributed by atoms with E-state index in [0.29, 0.717) is 11.4 Å². The fraction of sp³-hybridized carbons (Fsp3) is 0.0417. The first-order valence-corrected chi connectivity index (χ1v) is 9.98. The van der Waals surface area contributed by atoms with Gasteiger partial charge in [0.05, 0.1) is 16.5 Å². The molecule has 0 N–H and O–H groups in total. The summed E-state index contributed by atoms with van der Waals surface area (Å²) in [6, 6.07) is 29.8. The number of rotatable bonds is 6. The molecule has 2 aromatic carbocycles. The monoisotopic (exact) mass is 382 g/mol. The van der Waals surface area contributed by atoms with Gasteiger partial charge in [0.25, 0.3) is 0 Å². The van der Waals surface area contributed by atoms with E-state index in [9.17, 15) is 4.79 Å². The van der Waals surface area contributed by atoms with Gasteiger partial charge in [0, 0.05) is 11.8 Å². The van der Waals surface area contributed by atoms with E-state index in [1.54, 1.807) is 18.3 Å². The summed E-state index contributed by atoms with van der Waals surface area (Å²) >= 11 is 1.44. The summed E-state index contributed by atoms with van der Waals surface area (Å²) in [6.07, 6.45) is 1.64. The van der Waals surface area contributed by atoms with Gasteiger partial charge in [-0.05, 0) is 35.4 Å². The Bertz CT molecular complexity index is 1010. The van der Waals surface area contributed by atoms with Gasteiger partial charge in [0.1, 0.15) is 5.69 Å². The molecule has 2 heterocycles. The average Bonchev–Trinajstić information content (AvgIpc) is 2.79. The topological polar surface area (TPSA) is 42.9 Å². The van der Waals surface area contributed by atoms with Gasteiger partial charge in [-0.1, -0.05) is 78.5 Å². The molecule has 0 saturated carbocycles. The van der Waals surface area contributed by atoms with E-state index in [2.05, 4.69) is 23.2 Å². The first kappa shape index (κ1) is 18.1. The number of carbonyl (C=O) groups excluding carboxylic acids is 1. The number of thioether (sulfide) groups is 1. The van der Waals surface area contributed by atoms with Crippen LogP contribution in [0.2, 0.25) is 0 Å². The zero-order valence-corrected chi connectivity index (χ0v) is 16.0. The molecule has 0 radical (unpaired) electrons. The van der Waals surface area contributed by atoms with Crippen LogP contribution in [0.25, 0.3) is 22.4 Å². The number of benzene rings is 2. The first-order chi connectivity index (χ1) is 13.8. The van der Waals surface area contributed by atoms with Crippen LogP contribution < -0.4 is 0 Å². The van der Waals surface area contributed by atoms with Crippen molar-refractivity contribution in [1.29, 1.82) is 0 Å². The summed E-state index contributed by atoms with van der Waals surface area (Å²) in [7, 11) is 0. The molecule has 0 atom stereocenters. The average molecular weight is 382 g/mol. The lowest BCUT2D eigenvalue weighted by molar-refractivity contribution is 0.101. The Kier molecular flexibility index (Phi) is 5.59. The molecular formula is C24H18N2OS.